The number of amides is 2. The zero-order valence-corrected chi connectivity index (χ0v) is 12.9. The molecule has 0 radical (unpaired) electrons. The number of nitrogens with one attached hydrogen (secondary N) is 2. The highest BCUT2D eigenvalue weighted by atomic mass is 35.5. The van der Waals surface area contributed by atoms with Crippen LogP contribution in [0.5, 0.6) is 0 Å². The molecule has 0 spiro atoms. The lowest BCUT2D eigenvalue weighted by molar-refractivity contribution is -0.116. The van der Waals surface area contributed by atoms with E-state index in [4.69, 9.17) is 17.3 Å². The Kier molecular flexibility index (Phi) is 5.67. The molecule has 0 saturated heterocycles. The molecular formula is C16H15ClFN3O2. The highest BCUT2D eigenvalue weighted by molar-refractivity contribution is 6.31. The molecule has 2 rings (SSSR count). The third-order valence-electron chi connectivity index (χ3n) is 2.96. The summed E-state index contributed by atoms with van der Waals surface area (Å²) in [7, 11) is 0. The summed E-state index contributed by atoms with van der Waals surface area (Å²) >= 11 is 5.85. The minimum Gasteiger partial charge on any atom is -0.330 e. The van der Waals surface area contributed by atoms with Gasteiger partial charge in [0.15, 0.2) is 0 Å². The van der Waals surface area contributed by atoms with Crippen LogP contribution in [-0.4, -0.2) is 18.4 Å². The second-order valence-electron chi connectivity index (χ2n) is 4.74. The smallest absolute Gasteiger partial charge is 0.255 e. The average molecular weight is 336 g/mol. The topological polar surface area (TPSA) is 84.2 Å². The van der Waals surface area contributed by atoms with Gasteiger partial charge in [0, 0.05) is 23.6 Å². The van der Waals surface area contributed by atoms with Gasteiger partial charge in [0.1, 0.15) is 5.82 Å². The van der Waals surface area contributed by atoms with Crippen molar-refractivity contribution in [2.45, 2.75) is 6.42 Å². The zero-order valence-electron chi connectivity index (χ0n) is 12.1. The van der Waals surface area contributed by atoms with Crippen LogP contribution >= 0.6 is 11.6 Å². The van der Waals surface area contributed by atoms with Crippen LogP contribution in [0.4, 0.5) is 15.8 Å². The Morgan fingerprint density at radius 2 is 1.87 bits per heavy atom. The molecule has 0 saturated carbocycles. The molecule has 5 nitrogen and oxygen atoms in total. The Morgan fingerprint density at radius 3 is 2.57 bits per heavy atom. The van der Waals surface area contributed by atoms with Crippen molar-refractivity contribution in [3.05, 3.63) is 58.9 Å². The molecule has 120 valence electrons. The molecule has 7 heteroatoms. The van der Waals surface area contributed by atoms with Gasteiger partial charge < -0.3 is 16.4 Å². The molecule has 4 N–H and O–H groups in total. The quantitative estimate of drug-likeness (QED) is 0.785. The molecule has 0 aliphatic heterocycles. The highest BCUT2D eigenvalue weighted by Gasteiger charge is 2.12. The van der Waals surface area contributed by atoms with Crippen LogP contribution < -0.4 is 16.4 Å². The van der Waals surface area contributed by atoms with E-state index in [1.54, 1.807) is 18.2 Å². The SMILES string of the molecule is NCCC(=O)Nc1cc(F)ccc1NC(=O)c1cccc(Cl)c1. The van der Waals surface area contributed by atoms with E-state index in [2.05, 4.69) is 10.6 Å². The third kappa shape index (κ3) is 4.77. The fourth-order valence-corrected chi connectivity index (χ4v) is 2.09. The predicted octanol–water partition coefficient (Wildman–Crippen LogP) is 3.02. The lowest BCUT2D eigenvalue weighted by atomic mass is 10.2. The summed E-state index contributed by atoms with van der Waals surface area (Å²) in [5.74, 6) is -1.32. The standard InChI is InChI=1S/C16H15ClFN3O2/c17-11-3-1-2-10(8-11)16(23)21-13-5-4-12(18)9-14(13)20-15(22)6-7-19/h1-5,8-9H,6-7,19H2,(H,20,22)(H,21,23). The van der Waals surface area contributed by atoms with Gasteiger partial charge in [0.25, 0.3) is 5.91 Å². The molecule has 23 heavy (non-hydrogen) atoms. The maximum absolute atomic E-state index is 13.4. The molecular weight excluding hydrogens is 321 g/mol. The summed E-state index contributed by atoms with van der Waals surface area (Å²) in [5, 5.41) is 5.56. The van der Waals surface area contributed by atoms with Gasteiger partial charge in [0.2, 0.25) is 5.91 Å². The van der Waals surface area contributed by atoms with E-state index >= 15 is 0 Å². The first kappa shape index (κ1) is 16.9. The lowest BCUT2D eigenvalue weighted by Crippen LogP contribution is -2.19. The van der Waals surface area contributed by atoms with Gasteiger partial charge >= 0.3 is 0 Å². The normalized spacial score (nSPS) is 10.2. The summed E-state index contributed by atoms with van der Waals surface area (Å²) in [6.07, 6.45) is 0.0954. The molecule has 0 fully saturated rings. The van der Waals surface area contributed by atoms with E-state index in [0.717, 1.165) is 6.07 Å². The van der Waals surface area contributed by atoms with Gasteiger partial charge in [-0.05, 0) is 36.4 Å². The number of hydrogen-bond acceptors (Lipinski definition) is 3. The monoisotopic (exact) mass is 335 g/mol. The first-order valence-electron chi connectivity index (χ1n) is 6.86. The zero-order chi connectivity index (χ0) is 16.8. The van der Waals surface area contributed by atoms with Crippen molar-refractivity contribution in [2.24, 2.45) is 5.73 Å². The van der Waals surface area contributed by atoms with Crippen LogP contribution in [0.3, 0.4) is 0 Å². The molecule has 2 amide bonds. The van der Waals surface area contributed by atoms with Crippen molar-refractivity contribution in [3.8, 4) is 0 Å². The molecule has 2 aromatic carbocycles. The number of rotatable bonds is 5. The average Bonchev–Trinajstić information content (AvgIpc) is 2.50. The lowest BCUT2D eigenvalue weighted by Gasteiger charge is -2.12. The first-order valence-corrected chi connectivity index (χ1v) is 7.24. The highest BCUT2D eigenvalue weighted by Crippen LogP contribution is 2.24. The molecule has 0 bridgehead atoms. The van der Waals surface area contributed by atoms with E-state index in [-0.39, 0.29) is 30.2 Å². The number of hydrogen-bond donors (Lipinski definition) is 3. The minimum atomic E-state index is -0.534. The van der Waals surface area contributed by atoms with Crippen molar-refractivity contribution < 1.29 is 14.0 Å². The summed E-state index contributed by atoms with van der Waals surface area (Å²) in [6, 6.07) is 10.1. The van der Waals surface area contributed by atoms with Crippen LogP contribution in [0.1, 0.15) is 16.8 Å². The number of benzene rings is 2. The number of carbonyl (C=O) groups is 2. The number of carbonyl (C=O) groups excluding carboxylic acids is 2. The van der Waals surface area contributed by atoms with Crippen molar-refractivity contribution in [2.75, 3.05) is 17.2 Å². The minimum absolute atomic E-state index is 0.0954. The summed E-state index contributed by atoms with van der Waals surface area (Å²) in [6.45, 7) is 0.172. The number of anilines is 2. The van der Waals surface area contributed by atoms with Crippen molar-refractivity contribution in [1.82, 2.24) is 0 Å². The van der Waals surface area contributed by atoms with Gasteiger partial charge in [0.05, 0.1) is 11.4 Å². The molecule has 0 aliphatic carbocycles. The molecule has 0 aliphatic rings. The van der Waals surface area contributed by atoms with E-state index in [1.807, 2.05) is 0 Å². The maximum Gasteiger partial charge on any atom is 0.255 e. The van der Waals surface area contributed by atoms with E-state index in [9.17, 15) is 14.0 Å². The summed E-state index contributed by atoms with van der Waals surface area (Å²) < 4.78 is 13.4. The van der Waals surface area contributed by atoms with Crippen molar-refractivity contribution >= 4 is 34.8 Å². The van der Waals surface area contributed by atoms with Gasteiger partial charge in [-0.3, -0.25) is 9.59 Å². The van der Waals surface area contributed by atoms with E-state index < -0.39 is 11.7 Å². The first-order chi connectivity index (χ1) is 11.0. The molecule has 2 aromatic rings. The Bertz CT molecular complexity index is 737. The Morgan fingerprint density at radius 1 is 1.09 bits per heavy atom. The second kappa shape index (κ2) is 7.71. The third-order valence-corrected chi connectivity index (χ3v) is 3.20. The van der Waals surface area contributed by atoms with Gasteiger partial charge in [-0.2, -0.15) is 0 Å². The molecule has 0 unspecified atom stereocenters. The van der Waals surface area contributed by atoms with Crippen LogP contribution in [0.2, 0.25) is 5.02 Å². The van der Waals surface area contributed by atoms with Crippen molar-refractivity contribution in [3.63, 3.8) is 0 Å². The fourth-order valence-electron chi connectivity index (χ4n) is 1.90. The summed E-state index contributed by atoms with van der Waals surface area (Å²) in [4.78, 5) is 23.9. The Hall–Kier alpha value is -2.44. The van der Waals surface area contributed by atoms with E-state index in [0.29, 0.717) is 10.6 Å². The molecule has 0 heterocycles. The second-order valence-corrected chi connectivity index (χ2v) is 5.18. The van der Waals surface area contributed by atoms with Gasteiger partial charge in [-0.1, -0.05) is 17.7 Å². The van der Waals surface area contributed by atoms with E-state index in [1.165, 1.54) is 18.2 Å². The fraction of sp³-hybridized carbons (Fsp3) is 0.125. The Balaban J connectivity index is 2.22. The van der Waals surface area contributed by atoms with Crippen LogP contribution in [0, 0.1) is 5.82 Å². The van der Waals surface area contributed by atoms with Crippen molar-refractivity contribution in [1.29, 1.82) is 0 Å². The molecule has 0 atom stereocenters. The number of nitrogens with two attached hydrogens (primary N) is 1. The maximum atomic E-state index is 13.4. The van der Waals surface area contributed by atoms with Gasteiger partial charge in [-0.25, -0.2) is 4.39 Å². The summed E-state index contributed by atoms with van der Waals surface area (Å²) in [5.41, 5.74) is 6.10. The predicted molar refractivity (Wildman–Crippen MR) is 88.1 cm³/mol. The van der Waals surface area contributed by atoms with Crippen LogP contribution in [-0.2, 0) is 4.79 Å². The Labute approximate surface area is 137 Å². The van der Waals surface area contributed by atoms with Crippen LogP contribution in [0.15, 0.2) is 42.5 Å². The largest absolute Gasteiger partial charge is 0.330 e. The van der Waals surface area contributed by atoms with Gasteiger partial charge in [-0.15, -0.1) is 0 Å². The number of halogens is 2. The van der Waals surface area contributed by atoms with Crippen LogP contribution in [0.25, 0.3) is 0 Å². The molecule has 0 aromatic heterocycles.